The zero-order valence-electron chi connectivity index (χ0n) is 15.9. The molecule has 152 valence electrons. The fourth-order valence-electron chi connectivity index (χ4n) is 3.29. The number of nitrogens with one attached hydrogen (secondary N) is 1. The molecule has 0 fully saturated rings. The third-order valence-corrected chi connectivity index (χ3v) is 6.28. The summed E-state index contributed by atoms with van der Waals surface area (Å²) in [5.41, 5.74) is 0.924. The highest BCUT2D eigenvalue weighted by Crippen LogP contribution is 2.24. The van der Waals surface area contributed by atoms with E-state index in [1.807, 2.05) is 18.2 Å². The van der Waals surface area contributed by atoms with Gasteiger partial charge in [-0.3, -0.25) is 14.8 Å². The summed E-state index contributed by atoms with van der Waals surface area (Å²) in [7, 11) is -3.73. The number of fused-ring (bicyclic) bond motifs is 1. The van der Waals surface area contributed by atoms with Crippen LogP contribution >= 0.6 is 0 Å². The Morgan fingerprint density at radius 2 is 1.86 bits per heavy atom. The van der Waals surface area contributed by atoms with E-state index in [0.29, 0.717) is 24.6 Å². The van der Waals surface area contributed by atoms with Crippen molar-refractivity contribution in [1.82, 2.24) is 14.7 Å². The topological polar surface area (TPSA) is 109 Å². The van der Waals surface area contributed by atoms with Crippen molar-refractivity contribution in [2.45, 2.75) is 36.5 Å². The third kappa shape index (κ3) is 5.58. The van der Waals surface area contributed by atoms with Gasteiger partial charge in [0, 0.05) is 48.5 Å². The average Bonchev–Trinajstić information content (AvgIpc) is 2.73. The zero-order chi connectivity index (χ0) is 20.7. The molecule has 0 aliphatic heterocycles. The van der Waals surface area contributed by atoms with Crippen LogP contribution in [0.1, 0.15) is 37.2 Å². The van der Waals surface area contributed by atoms with E-state index in [1.54, 1.807) is 43.0 Å². The van der Waals surface area contributed by atoms with Gasteiger partial charge in [0.2, 0.25) is 10.0 Å². The Morgan fingerprint density at radius 1 is 1.03 bits per heavy atom. The maximum absolute atomic E-state index is 13.0. The number of aliphatic carboxylic acids is 1. The number of nitrogens with zero attached hydrogens (tertiary/aromatic N) is 2. The molecule has 2 N–H and O–H groups in total. The molecule has 1 aromatic carbocycles. The second-order valence-electron chi connectivity index (χ2n) is 6.83. The van der Waals surface area contributed by atoms with Crippen molar-refractivity contribution in [3.8, 4) is 0 Å². The quantitative estimate of drug-likeness (QED) is 0.494. The highest BCUT2D eigenvalue weighted by atomic mass is 32.2. The Kier molecular flexibility index (Phi) is 6.90. The first kappa shape index (κ1) is 20.9. The molecule has 3 aromatic rings. The predicted molar refractivity (Wildman–Crippen MR) is 110 cm³/mol. The second-order valence-corrected chi connectivity index (χ2v) is 8.56. The zero-order valence-corrected chi connectivity index (χ0v) is 16.7. The van der Waals surface area contributed by atoms with Gasteiger partial charge in [-0.25, -0.2) is 13.1 Å². The van der Waals surface area contributed by atoms with Crippen LogP contribution in [0, 0.1) is 0 Å². The molecular formula is C21H23N3O4S. The van der Waals surface area contributed by atoms with Gasteiger partial charge in [0.25, 0.3) is 0 Å². The molecule has 0 saturated heterocycles. The number of hydrogen-bond donors (Lipinski definition) is 2. The van der Waals surface area contributed by atoms with Gasteiger partial charge >= 0.3 is 5.97 Å². The lowest BCUT2D eigenvalue weighted by molar-refractivity contribution is -0.137. The molecule has 1 unspecified atom stereocenters. The van der Waals surface area contributed by atoms with E-state index < -0.39 is 16.0 Å². The number of carbonyl (C=O) groups is 1. The number of unbranched alkanes of at least 4 members (excludes halogenated alkanes) is 1. The lowest BCUT2D eigenvalue weighted by Crippen LogP contribution is -2.29. The van der Waals surface area contributed by atoms with Crippen LogP contribution in [-0.2, 0) is 14.8 Å². The number of carboxylic acid groups (broad SMARTS) is 1. The molecule has 0 aliphatic carbocycles. The summed E-state index contributed by atoms with van der Waals surface area (Å²) in [6.45, 7) is 0.211. The molecule has 0 aliphatic rings. The maximum atomic E-state index is 13.0. The monoisotopic (exact) mass is 413 g/mol. The number of carboxylic acids is 1. The molecule has 3 rings (SSSR count). The fraction of sp³-hybridized carbons (Fsp3) is 0.286. The Hall–Kier alpha value is -2.84. The molecule has 0 spiro atoms. The smallest absolute Gasteiger partial charge is 0.303 e. The summed E-state index contributed by atoms with van der Waals surface area (Å²) in [5, 5.41) is 10.2. The first-order valence-corrected chi connectivity index (χ1v) is 10.9. The number of sulfonamides is 1. The highest BCUT2D eigenvalue weighted by molar-refractivity contribution is 7.89. The van der Waals surface area contributed by atoms with Gasteiger partial charge in [0.1, 0.15) is 0 Å². The van der Waals surface area contributed by atoms with Gasteiger partial charge in [0.05, 0.1) is 4.90 Å². The van der Waals surface area contributed by atoms with E-state index in [0.717, 1.165) is 10.9 Å². The Labute approximate surface area is 169 Å². The lowest BCUT2D eigenvalue weighted by Gasteiger charge is -2.18. The average molecular weight is 413 g/mol. The minimum absolute atomic E-state index is 0.0936. The molecule has 2 heterocycles. The number of aromatic nitrogens is 2. The van der Waals surface area contributed by atoms with Crippen LogP contribution < -0.4 is 4.72 Å². The van der Waals surface area contributed by atoms with Crippen LogP contribution in [0.5, 0.6) is 0 Å². The second kappa shape index (κ2) is 9.58. The van der Waals surface area contributed by atoms with Crippen LogP contribution in [0.3, 0.4) is 0 Å². The molecule has 29 heavy (non-hydrogen) atoms. The van der Waals surface area contributed by atoms with Gasteiger partial charge in [-0.05, 0) is 42.5 Å². The molecule has 2 aromatic heterocycles. The minimum atomic E-state index is -3.73. The normalized spacial score (nSPS) is 12.7. The van der Waals surface area contributed by atoms with E-state index in [1.165, 1.54) is 0 Å². The van der Waals surface area contributed by atoms with E-state index in [4.69, 9.17) is 5.11 Å². The van der Waals surface area contributed by atoms with Crippen LogP contribution in [-0.4, -0.2) is 36.0 Å². The van der Waals surface area contributed by atoms with Gasteiger partial charge in [-0.15, -0.1) is 0 Å². The summed E-state index contributed by atoms with van der Waals surface area (Å²) in [6.07, 6.45) is 8.61. The van der Waals surface area contributed by atoms with E-state index in [2.05, 4.69) is 14.7 Å². The first-order chi connectivity index (χ1) is 14.0. The summed E-state index contributed by atoms with van der Waals surface area (Å²) in [6, 6.07) is 10.5. The van der Waals surface area contributed by atoms with Crippen LogP contribution in [0.2, 0.25) is 0 Å². The van der Waals surface area contributed by atoms with Gasteiger partial charge in [-0.1, -0.05) is 24.6 Å². The third-order valence-electron chi connectivity index (χ3n) is 4.80. The minimum Gasteiger partial charge on any atom is -0.481 e. The van der Waals surface area contributed by atoms with Crippen molar-refractivity contribution in [2.75, 3.05) is 6.54 Å². The van der Waals surface area contributed by atoms with E-state index >= 15 is 0 Å². The Bertz CT molecular complexity index is 1070. The number of hydrogen-bond acceptors (Lipinski definition) is 5. The Morgan fingerprint density at radius 3 is 2.62 bits per heavy atom. The van der Waals surface area contributed by atoms with Gasteiger partial charge < -0.3 is 5.11 Å². The SMILES string of the molecule is O=C(O)CCCCC(CNS(=O)(=O)c1cccc2cnccc12)c1cccnc1. The molecule has 0 saturated carbocycles. The van der Waals surface area contributed by atoms with Crippen LogP contribution in [0.25, 0.3) is 10.8 Å². The van der Waals surface area contributed by atoms with E-state index in [9.17, 15) is 13.2 Å². The fourth-order valence-corrected chi connectivity index (χ4v) is 4.60. The van der Waals surface area contributed by atoms with Crippen LogP contribution in [0.15, 0.2) is 66.1 Å². The highest BCUT2D eigenvalue weighted by Gasteiger charge is 2.20. The summed E-state index contributed by atoms with van der Waals surface area (Å²) in [4.78, 5) is 19.1. The van der Waals surface area contributed by atoms with Gasteiger partial charge in [-0.2, -0.15) is 0 Å². The largest absolute Gasteiger partial charge is 0.481 e. The molecule has 8 heteroatoms. The van der Waals surface area contributed by atoms with Crippen molar-refractivity contribution in [3.05, 3.63) is 66.7 Å². The maximum Gasteiger partial charge on any atom is 0.303 e. The Balaban J connectivity index is 1.76. The lowest BCUT2D eigenvalue weighted by atomic mass is 9.94. The van der Waals surface area contributed by atoms with E-state index in [-0.39, 0.29) is 23.8 Å². The first-order valence-electron chi connectivity index (χ1n) is 9.41. The number of benzene rings is 1. The summed E-state index contributed by atoms with van der Waals surface area (Å²) >= 11 is 0. The molecular weight excluding hydrogens is 390 g/mol. The molecule has 0 radical (unpaired) electrons. The molecule has 1 atom stereocenters. The summed E-state index contributed by atoms with van der Waals surface area (Å²) in [5.74, 6) is -0.919. The molecule has 7 nitrogen and oxygen atoms in total. The van der Waals surface area contributed by atoms with Crippen molar-refractivity contribution >= 4 is 26.8 Å². The van der Waals surface area contributed by atoms with Crippen molar-refractivity contribution in [2.24, 2.45) is 0 Å². The van der Waals surface area contributed by atoms with Crippen LogP contribution in [0.4, 0.5) is 0 Å². The molecule has 0 amide bonds. The van der Waals surface area contributed by atoms with Gasteiger partial charge in [0.15, 0.2) is 0 Å². The number of pyridine rings is 2. The predicted octanol–water partition coefficient (Wildman–Crippen LogP) is 3.34. The van der Waals surface area contributed by atoms with Crippen molar-refractivity contribution in [3.63, 3.8) is 0 Å². The van der Waals surface area contributed by atoms with Crippen molar-refractivity contribution < 1.29 is 18.3 Å². The number of rotatable bonds is 10. The standard InChI is InChI=1S/C21H23N3O4S/c25-21(26)9-2-1-5-17(16-7-4-11-22-13-16)15-24-29(27,28)20-8-3-6-18-14-23-12-10-19(18)20/h3-4,6-8,10-14,17,24H,1-2,5,9,15H2,(H,25,26). The summed E-state index contributed by atoms with van der Waals surface area (Å²) < 4.78 is 28.7. The molecule has 0 bridgehead atoms. The van der Waals surface area contributed by atoms with Crippen molar-refractivity contribution in [1.29, 1.82) is 0 Å².